The zero-order valence-electron chi connectivity index (χ0n) is 15.7. The summed E-state index contributed by atoms with van der Waals surface area (Å²) in [5.74, 6) is 0.532. The van der Waals surface area contributed by atoms with Crippen molar-refractivity contribution in [2.75, 3.05) is 34.5 Å². The number of benzene rings is 2. The highest BCUT2D eigenvalue weighted by Gasteiger charge is 2.13. The largest absolute Gasteiger partial charge is 0.493 e. The van der Waals surface area contributed by atoms with Crippen LogP contribution in [0, 0.1) is 0 Å². The molecule has 2 aromatic rings. The van der Waals surface area contributed by atoms with Gasteiger partial charge in [0, 0.05) is 18.2 Å². The Morgan fingerprint density at radius 2 is 1.39 bits per heavy atom. The number of nitrogens with one attached hydrogen (secondary N) is 2. The summed E-state index contributed by atoms with van der Waals surface area (Å²) in [4.78, 5) is 24.5. The molecule has 2 rings (SSSR count). The van der Waals surface area contributed by atoms with Crippen LogP contribution in [-0.4, -0.2) is 46.4 Å². The number of hydrazine groups is 1. The molecule has 0 bridgehead atoms. The Kier molecular flexibility index (Phi) is 8.09. The number of halogens is 1. The third-order valence-electron chi connectivity index (χ3n) is 3.67. The van der Waals surface area contributed by atoms with Gasteiger partial charge < -0.3 is 18.9 Å². The van der Waals surface area contributed by atoms with E-state index in [1.165, 1.54) is 20.3 Å². The van der Waals surface area contributed by atoms with E-state index in [9.17, 15) is 9.59 Å². The predicted octanol–water partition coefficient (Wildman–Crippen LogP) is 2.57. The molecule has 2 aromatic carbocycles. The number of hydrogen-bond donors (Lipinski definition) is 2. The number of hydrogen-bond acceptors (Lipinski definition) is 6. The Morgan fingerprint density at radius 1 is 0.821 bits per heavy atom. The first-order valence-corrected chi connectivity index (χ1v) is 9.03. The Bertz CT molecular complexity index is 843. The molecule has 0 saturated heterocycles. The number of carbonyl (C=O) groups is 2. The standard InChI is InChI=1S/C19H21BrN2O6/c1-25-8-9-28-15-6-4-12(10-14(15)20)18(23)21-22-19(24)13-5-7-16(26-2)17(11-13)27-3/h4-7,10-11H,8-9H2,1-3H3,(H,21,23)(H,22,24). The van der Waals surface area contributed by atoms with Gasteiger partial charge in [-0.25, -0.2) is 0 Å². The van der Waals surface area contributed by atoms with E-state index in [0.29, 0.717) is 46.1 Å². The molecule has 0 aliphatic rings. The van der Waals surface area contributed by atoms with E-state index in [2.05, 4.69) is 26.8 Å². The van der Waals surface area contributed by atoms with E-state index in [-0.39, 0.29) is 0 Å². The van der Waals surface area contributed by atoms with E-state index >= 15 is 0 Å². The molecule has 0 atom stereocenters. The highest BCUT2D eigenvalue weighted by Crippen LogP contribution is 2.27. The van der Waals surface area contributed by atoms with Gasteiger partial charge in [0.2, 0.25) is 0 Å². The van der Waals surface area contributed by atoms with Gasteiger partial charge in [-0.05, 0) is 52.3 Å². The zero-order valence-corrected chi connectivity index (χ0v) is 17.3. The van der Waals surface area contributed by atoms with Gasteiger partial charge in [0.15, 0.2) is 11.5 Å². The first kappa shape index (κ1) is 21.5. The van der Waals surface area contributed by atoms with Crippen LogP contribution in [0.3, 0.4) is 0 Å². The molecule has 0 heterocycles. The van der Waals surface area contributed by atoms with Crippen molar-refractivity contribution in [3.05, 3.63) is 52.0 Å². The first-order chi connectivity index (χ1) is 13.5. The van der Waals surface area contributed by atoms with E-state index < -0.39 is 11.8 Å². The maximum absolute atomic E-state index is 12.3. The molecule has 0 aromatic heterocycles. The second-order valence-electron chi connectivity index (χ2n) is 5.46. The van der Waals surface area contributed by atoms with Gasteiger partial charge in [-0.1, -0.05) is 0 Å². The lowest BCUT2D eigenvalue weighted by Gasteiger charge is -2.12. The van der Waals surface area contributed by atoms with E-state index in [1.54, 1.807) is 37.4 Å². The number of rotatable bonds is 8. The van der Waals surface area contributed by atoms with Crippen LogP contribution in [0.15, 0.2) is 40.9 Å². The smallest absolute Gasteiger partial charge is 0.269 e. The molecule has 0 aliphatic carbocycles. The van der Waals surface area contributed by atoms with Gasteiger partial charge in [-0.2, -0.15) is 0 Å². The Morgan fingerprint density at radius 3 is 1.93 bits per heavy atom. The fourth-order valence-electron chi connectivity index (χ4n) is 2.23. The SMILES string of the molecule is COCCOc1ccc(C(=O)NNC(=O)c2ccc(OC)c(OC)c2)cc1Br. The van der Waals surface area contributed by atoms with Crippen molar-refractivity contribution in [3.63, 3.8) is 0 Å². The number of ether oxygens (including phenoxy) is 4. The fraction of sp³-hybridized carbons (Fsp3) is 0.263. The molecule has 28 heavy (non-hydrogen) atoms. The summed E-state index contributed by atoms with van der Waals surface area (Å²) in [5, 5.41) is 0. The first-order valence-electron chi connectivity index (χ1n) is 8.24. The molecule has 0 saturated carbocycles. The summed E-state index contributed by atoms with van der Waals surface area (Å²) in [6.45, 7) is 0.846. The lowest BCUT2D eigenvalue weighted by molar-refractivity contribution is 0.0846. The van der Waals surface area contributed by atoms with Crippen LogP contribution in [0.2, 0.25) is 0 Å². The highest BCUT2D eigenvalue weighted by atomic mass is 79.9. The zero-order chi connectivity index (χ0) is 20.5. The fourth-order valence-corrected chi connectivity index (χ4v) is 2.72. The van der Waals surface area contributed by atoms with Gasteiger partial charge in [-0.15, -0.1) is 0 Å². The molecular weight excluding hydrogens is 432 g/mol. The molecule has 9 heteroatoms. The lowest BCUT2D eigenvalue weighted by atomic mass is 10.2. The summed E-state index contributed by atoms with van der Waals surface area (Å²) >= 11 is 3.35. The van der Waals surface area contributed by atoms with Gasteiger partial charge in [0.1, 0.15) is 12.4 Å². The van der Waals surface area contributed by atoms with Crippen molar-refractivity contribution in [1.82, 2.24) is 10.9 Å². The maximum Gasteiger partial charge on any atom is 0.269 e. The van der Waals surface area contributed by atoms with Crippen LogP contribution in [-0.2, 0) is 4.74 Å². The molecule has 2 N–H and O–H groups in total. The van der Waals surface area contributed by atoms with Crippen LogP contribution in [0.1, 0.15) is 20.7 Å². The minimum Gasteiger partial charge on any atom is -0.493 e. The van der Waals surface area contributed by atoms with Gasteiger partial charge in [-0.3, -0.25) is 20.4 Å². The molecule has 0 spiro atoms. The van der Waals surface area contributed by atoms with Crippen molar-refractivity contribution in [1.29, 1.82) is 0 Å². The Hall–Kier alpha value is -2.78. The van der Waals surface area contributed by atoms with Crippen molar-refractivity contribution in [3.8, 4) is 17.2 Å². The van der Waals surface area contributed by atoms with Crippen LogP contribution in [0.5, 0.6) is 17.2 Å². The normalized spacial score (nSPS) is 10.1. The van der Waals surface area contributed by atoms with Crippen molar-refractivity contribution < 1.29 is 28.5 Å². The number of carbonyl (C=O) groups excluding carboxylic acids is 2. The molecule has 0 unspecified atom stereocenters. The number of methoxy groups -OCH3 is 3. The summed E-state index contributed by atoms with van der Waals surface area (Å²) in [7, 11) is 4.56. The van der Waals surface area contributed by atoms with Crippen LogP contribution in [0.4, 0.5) is 0 Å². The monoisotopic (exact) mass is 452 g/mol. The van der Waals surface area contributed by atoms with Crippen molar-refractivity contribution in [2.24, 2.45) is 0 Å². The van der Waals surface area contributed by atoms with Crippen molar-refractivity contribution >= 4 is 27.7 Å². The molecule has 2 amide bonds. The third-order valence-corrected chi connectivity index (χ3v) is 4.29. The molecular formula is C19H21BrN2O6. The van der Waals surface area contributed by atoms with Crippen LogP contribution >= 0.6 is 15.9 Å². The highest BCUT2D eigenvalue weighted by molar-refractivity contribution is 9.10. The van der Waals surface area contributed by atoms with E-state index in [0.717, 1.165) is 0 Å². The van der Waals surface area contributed by atoms with Gasteiger partial charge in [0.05, 0.1) is 25.3 Å². The van der Waals surface area contributed by atoms with Crippen molar-refractivity contribution in [2.45, 2.75) is 0 Å². The minimum atomic E-state index is -0.493. The second-order valence-corrected chi connectivity index (χ2v) is 6.32. The van der Waals surface area contributed by atoms with Crippen LogP contribution in [0.25, 0.3) is 0 Å². The third kappa shape index (κ3) is 5.61. The summed E-state index contributed by atoms with van der Waals surface area (Å²) in [6, 6.07) is 9.53. The summed E-state index contributed by atoms with van der Waals surface area (Å²) in [6.07, 6.45) is 0. The maximum atomic E-state index is 12.3. The Labute approximate surface area is 171 Å². The molecule has 0 fully saturated rings. The van der Waals surface area contributed by atoms with E-state index in [1.807, 2.05) is 0 Å². The summed E-state index contributed by atoms with van der Waals surface area (Å²) < 4.78 is 21.3. The van der Waals surface area contributed by atoms with Gasteiger partial charge >= 0.3 is 0 Å². The molecule has 0 aliphatic heterocycles. The molecule has 0 radical (unpaired) electrons. The van der Waals surface area contributed by atoms with Gasteiger partial charge in [0.25, 0.3) is 11.8 Å². The second kappa shape index (κ2) is 10.5. The van der Waals surface area contributed by atoms with E-state index in [4.69, 9.17) is 18.9 Å². The topological polar surface area (TPSA) is 95.1 Å². The minimum absolute atomic E-state index is 0.307. The average Bonchev–Trinajstić information content (AvgIpc) is 2.72. The Balaban J connectivity index is 1.98. The average molecular weight is 453 g/mol. The molecule has 8 nitrogen and oxygen atoms in total. The molecule has 150 valence electrons. The lowest BCUT2D eigenvalue weighted by Crippen LogP contribution is -2.41. The summed E-state index contributed by atoms with van der Waals surface area (Å²) in [5.41, 5.74) is 5.39. The predicted molar refractivity (Wildman–Crippen MR) is 106 cm³/mol. The van der Waals surface area contributed by atoms with Crippen LogP contribution < -0.4 is 25.1 Å². The quantitative estimate of drug-likeness (QED) is 0.472. The number of amides is 2.